The Morgan fingerprint density at radius 2 is 2.20 bits per heavy atom. The van der Waals surface area contributed by atoms with Crippen LogP contribution in [0.4, 0.5) is 0 Å². The molecule has 0 N–H and O–H groups in total. The fraction of sp³-hybridized carbons (Fsp3) is 0.421. The molecule has 6 heteroatoms. The molecule has 1 saturated heterocycles. The Bertz CT molecular complexity index is 703. The van der Waals surface area contributed by atoms with Gasteiger partial charge in [0.2, 0.25) is 11.8 Å². The van der Waals surface area contributed by atoms with Gasteiger partial charge in [-0.25, -0.2) is 0 Å². The van der Waals surface area contributed by atoms with Crippen molar-refractivity contribution in [2.45, 2.75) is 38.8 Å². The normalized spacial score (nSPS) is 16.8. The maximum atomic E-state index is 13.0. The molecule has 0 bridgehead atoms. The van der Waals surface area contributed by atoms with Gasteiger partial charge in [0.05, 0.1) is 18.7 Å². The summed E-state index contributed by atoms with van der Waals surface area (Å²) in [4.78, 5) is 34.6. The van der Waals surface area contributed by atoms with Gasteiger partial charge in [-0.1, -0.05) is 12.1 Å². The molecule has 0 radical (unpaired) electrons. The third-order valence-corrected chi connectivity index (χ3v) is 5.41. The highest BCUT2D eigenvalue weighted by atomic mass is 32.1. The largest absolute Gasteiger partial charge is 0.335 e. The first-order chi connectivity index (χ1) is 12.2. The molecule has 0 aromatic carbocycles. The van der Waals surface area contributed by atoms with Crippen LogP contribution in [0.25, 0.3) is 0 Å². The van der Waals surface area contributed by atoms with Gasteiger partial charge in [-0.15, -0.1) is 11.3 Å². The number of amides is 2. The molecule has 1 unspecified atom stereocenters. The number of hydrogen-bond donors (Lipinski definition) is 0. The quantitative estimate of drug-likeness (QED) is 0.799. The summed E-state index contributed by atoms with van der Waals surface area (Å²) in [6, 6.07) is 9.29. The van der Waals surface area contributed by atoms with Gasteiger partial charge < -0.3 is 9.80 Å². The van der Waals surface area contributed by atoms with Gasteiger partial charge in [-0.3, -0.25) is 14.6 Å². The van der Waals surface area contributed by atoms with E-state index in [1.807, 2.05) is 42.6 Å². The van der Waals surface area contributed by atoms with E-state index in [0.29, 0.717) is 26.1 Å². The number of carbonyl (C=O) groups is 2. The van der Waals surface area contributed by atoms with E-state index in [1.54, 1.807) is 27.3 Å². The van der Waals surface area contributed by atoms with Crippen LogP contribution in [0.1, 0.15) is 30.3 Å². The molecular formula is C19H23N3O2S. The number of nitrogens with zero attached hydrogens (tertiary/aromatic N) is 3. The lowest BCUT2D eigenvalue weighted by Crippen LogP contribution is -2.48. The summed E-state index contributed by atoms with van der Waals surface area (Å²) in [6.45, 7) is 3.73. The van der Waals surface area contributed by atoms with Crippen molar-refractivity contribution in [3.8, 4) is 0 Å². The van der Waals surface area contributed by atoms with Gasteiger partial charge in [0.15, 0.2) is 0 Å². The summed E-state index contributed by atoms with van der Waals surface area (Å²) in [5, 5.41) is 1.97. The van der Waals surface area contributed by atoms with Crippen LogP contribution in [0, 0.1) is 0 Å². The number of aromatic nitrogens is 1. The summed E-state index contributed by atoms with van der Waals surface area (Å²) in [6.07, 6.45) is 3.75. The van der Waals surface area contributed by atoms with Crippen molar-refractivity contribution in [1.29, 1.82) is 0 Å². The highest BCUT2D eigenvalue weighted by Crippen LogP contribution is 2.22. The number of likely N-dealkylation sites (tertiary alicyclic amines) is 1. The summed E-state index contributed by atoms with van der Waals surface area (Å²) in [7, 11) is 0. The average molecular weight is 357 g/mol. The summed E-state index contributed by atoms with van der Waals surface area (Å²) >= 11 is 1.58. The van der Waals surface area contributed by atoms with E-state index in [1.165, 1.54) is 0 Å². The first-order valence-electron chi connectivity index (χ1n) is 8.69. The van der Waals surface area contributed by atoms with Gasteiger partial charge in [-0.05, 0) is 43.3 Å². The maximum Gasteiger partial charge on any atom is 0.245 e. The molecule has 5 nitrogen and oxygen atoms in total. The Kier molecular flexibility index (Phi) is 5.81. The first kappa shape index (κ1) is 17.6. The second-order valence-electron chi connectivity index (χ2n) is 6.17. The third kappa shape index (κ3) is 4.25. The van der Waals surface area contributed by atoms with Crippen molar-refractivity contribution in [3.05, 3.63) is 52.5 Å². The van der Waals surface area contributed by atoms with Crippen molar-refractivity contribution >= 4 is 23.2 Å². The second-order valence-corrected chi connectivity index (χ2v) is 7.21. The van der Waals surface area contributed by atoms with Crippen LogP contribution >= 0.6 is 11.3 Å². The minimum absolute atomic E-state index is 0.0326. The molecule has 1 aliphatic heterocycles. The molecule has 3 heterocycles. The first-order valence-corrected chi connectivity index (χ1v) is 9.57. The number of rotatable bonds is 6. The Morgan fingerprint density at radius 1 is 1.32 bits per heavy atom. The van der Waals surface area contributed by atoms with E-state index in [2.05, 4.69) is 4.98 Å². The molecule has 2 aromatic rings. The molecular weight excluding hydrogens is 334 g/mol. The molecule has 1 fully saturated rings. The fourth-order valence-corrected chi connectivity index (χ4v) is 3.93. The molecule has 25 heavy (non-hydrogen) atoms. The molecule has 3 rings (SSSR count). The predicted molar refractivity (Wildman–Crippen MR) is 98.1 cm³/mol. The van der Waals surface area contributed by atoms with Crippen LogP contribution in [-0.2, 0) is 22.6 Å². The van der Waals surface area contributed by atoms with E-state index in [4.69, 9.17) is 0 Å². The molecule has 2 aromatic heterocycles. The fourth-order valence-electron chi connectivity index (χ4n) is 3.23. The van der Waals surface area contributed by atoms with Gasteiger partial charge in [-0.2, -0.15) is 0 Å². The zero-order valence-electron chi connectivity index (χ0n) is 14.4. The second kappa shape index (κ2) is 8.25. The Balaban J connectivity index is 1.67. The lowest BCUT2D eigenvalue weighted by Gasteiger charge is -2.29. The van der Waals surface area contributed by atoms with Gasteiger partial charge in [0.25, 0.3) is 0 Å². The van der Waals surface area contributed by atoms with Crippen LogP contribution in [0.15, 0.2) is 41.9 Å². The number of likely N-dealkylation sites (N-methyl/N-ethyl adjacent to an activating group) is 1. The van der Waals surface area contributed by atoms with Crippen molar-refractivity contribution in [2.75, 3.05) is 13.1 Å². The van der Waals surface area contributed by atoms with Crippen LogP contribution in [-0.4, -0.2) is 45.7 Å². The van der Waals surface area contributed by atoms with Crippen molar-refractivity contribution < 1.29 is 9.59 Å². The molecule has 132 valence electrons. The number of carbonyl (C=O) groups excluding carboxylic acids is 2. The number of thiophene rings is 1. The van der Waals surface area contributed by atoms with Crippen LogP contribution in [0.5, 0.6) is 0 Å². The van der Waals surface area contributed by atoms with Gasteiger partial charge in [0, 0.05) is 24.2 Å². The molecule has 0 aliphatic carbocycles. The molecule has 1 atom stereocenters. The monoisotopic (exact) mass is 357 g/mol. The Labute approximate surface area is 152 Å². The lowest BCUT2D eigenvalue weighted by molar-refractivity contribution is -0.143. The van der Waals surface area contributed by atoms with E-state index in [0.717, 1.165) is 23.4 Å². The Morgan fingerprint density at radius 3 is 2.88 bits per heavy atom. The number of hydrogen-bond acceptors (Lipinski definition) is 4. The van der Waals surface area contributed by atoms with Gasteiger partial charge in [0.1, 0.15) is 6.04 Å². The van der Waals surface area contributed by atoms with E-state index in [-0.39, 0.29) is 17.9 Å². The molecule has 2 amide bonds. The minimum Gasteiger partial charge on any atom is -0.335 e. The minimum atomic E-state index is -0.337. The number of pyridine rings is 1. The van der Waals surface area contributed by atoms with Crippen LogP contribution in [0.3, 0.4) is 0 Å². The zero-order chi connectivity index (χ0) is 17.6. The molecule has 0 saturated carbocycles. The topological polar surface area (TPSA) is 53.5 Å². The average Bonchev–Trinajstić information content (AvgIpc) is 3.31. The lowest BCUT2D eigenvalue weighted by atomic mass is 10.1. The summed E-state index contributed by atoms with van der Waals surface area (Å²) in [5.41, 5.74) is 0.868. The van der Waals surface area contributed by atoms with Crippen LogP contribution < -0.4 is 0 Å². The van der Waals surface area contributed by atoms with E-state index >= 15 is 0 Å². The zero-order valence-corrected chi connectivity index (χ0v) is 15.2. The molecule has 1 aliphatic rings. The van der Waals surface area contributed by atoms with Crippen molar-refractivity contribution in [2.24, 2.45) is 0 Å². The van der Waals surface area contributed by atoms with Crippen LogP contribution in [0.2, 0.25) is 0 Å². The maximum absolute atomic E-state index is 13.0. The molecule has 0 spiro atoms. The third-order valence-electron chi connectivity index (χ3n) is 4.54. The van der Waals surface area contributed by atoms with Crippen molar-refractivity contribution in [3.63, 3.8) is 0 Å². The smallest absolute Gasteiger partial charge is 0.245 e. The summed E-state index contributed by atoms with van der Waals surface area (Å²) < 4.78 is 0. The van der Waals surface area contributed by atoms with E-state index in [9.17, 15) is 9.59 Å². The Hall–Kier alpha value is -2.21. The standard InChI is InChI=1S/C19H23N3O2S/c1-2-21(14-15-7-3-4-10-20-15)19(24)17-9-5-11-22(17)18(23)13-16-8-6-12-25-16/h3-4,6-8,10,12,17H,2,5,9,11,13-14H2,1H3. The SMILES string of the molecule is CCN(Cc1ccccn1)C(=O)C1CCCN1C(=O)Cc1cccs1. The van der Waals surface area contributed by atoms with Crippen molar-refractivity contribution in [1.82, 2.24) is 14.8 Å². The highest BCUT2D eigenvalue weighted by molar-refractivity contribution is 7.10. The highest BCUT2D eigenvalue weighted by Gasteiger charge is 2.36. The summed E-state index contributed by atoms with van der Waals surface area (Å²) in [5.74, 6) is 0.0809. The predicted octanol–water partition coefficient (Wildman–Crippen LogP) is 2.73. The van der Waals surface area contributed by atoms with Gasteiger partial charge >= 0.3 is 0 Å². The van der Waals surface area contributed by atoms with E-state index < -0.39 is 0 Å².